The van der Waals surface area contributed by atoms with E-state index in [1.807, 2.05) is 97.9 Å². The lowest BCUT2D eigenvalue weighted by molar-refractivity contribution is 0.0720. The van der Waals surface area contributed by atoms with Crippen LogP contribution in [0.2, 0.25) is 5.02 Å². The van der Waals surface area contributed by atoms with Gasteiger partial charge in [0.25, 0.3) is 0 Å². The molecule has 4 nitrogen and oxygen atoms in total. The van der Waals surface area contributed by atoms with Crippen molar-refractivity contribution < 1.29 is 9.53 Å². The summed E-state index contributed by atoms with van der Waals surface area (Å²) >= 11 is 7.54. The van der Waals surface area contributed by atoms with E-state index in [2.05, 4.69) is 0 Å². The first kappa shape index (κ1) is 21.3. The molecule has 0 unspecified atom stereocenters. The number of ether oxygens (including phenoxy) is 1. The highest BCUT2D eigenvalue weighted by atomic mass is 35.5. The number of hydrogen-bond acceptors (Lipinski definition) is 4. The van der Waals surface area contributed by atoms with Crippen molar-refractivity contribution in [2.45, 2.75) is 16.7 Å². The van der Waals surface area contributed by atoms with Crippen LogP contribution in [0.1, 0.15) is 16.1 Å². The van der Waals surface area contributed by atoms with Crippen molar-refractivity contribution in [3.8, 4) is 11.6 Å². The zero-order valence-electron chi connectivity index (χ0n) is 17.7. The number of carbonyl (C=O) groups excluding carboxylic acids is 1. The number of fused-ring (bicyclic) bond motifs is 1. The van der Waals surface area contributed by atoms with Crippen molar-refractivity contribution in [2.24, 2.45) is 0 Å². The molecule has 0 saturated carbocycles. The summed E-state index contributed by atoms with van der Waals surface area (Å²) in [6.07, 6.45) is 0. The predicted molar refractivity (Wildman–Crippen MR) is 133 cm³/mol. The molecule has 0 N–H and O–H groups in total. The first-order valence-corrected chi connectivity index (χ1v) is 11.6. The summed E-state index contributed by atoms with van der Waals surface area (Å²) in [4.78, 5) is 15.1. The largest absolute Gasteiger partial charge is 0.402 e. The lowest BCUT2D eigenvalue weighted by atomic mass is 10.1. The second-order valence-electron chi connectivity index (χ2n) is 7.44. The molecule has 0 fully saturated rings. The quantitative estimate of drug-likeness (QED) is 0.252. The van der Waals surface area contributed by atoms with E-state index >= 15 is 0 Å². The number of halogens is 1. The summed E-state index contributed by atoms with van der Waals surface area (Å²) < 4.78 is 7.73. The zero-order valence-corrected chi connectivity index (χ0v) is 19.3. The van der Waals surface area contributed by atoms with Gasteiger partial charge in [0.2, 0.25) is 5.88 Å². The molecule has 0 atom stereocenters. The maximum Gasteiger partial charge on any atom is 0.345 e. The zero-order chi connectivity index (χ0) is 22.8. The summed E-state index contributed by atoms with van der Waals surface area (Å²) in [7, 11) is 0. The van der Waals surface area contributed by atoms with E-state index in [0.717, 1.165) is 31.9 Å². The molecule has 0 saturated heterocycles. The standard InChI is InChI=1S/C27H19ClN2O2S/c1-18-25(33-22-16-14-20(28)15-17-22)26(30(29-18)21-10-3-2-4-11-21)32-27(31)24-13-7-9-19-8-5-6-12-23(19)24/h2-17H,1H3. The van der Waals surface area contributed by atoms with Crippen LogP contribution >= 0.6 is 23.4 Å². The van der Waals surface area contributed by atoms with Crippen molar-refractivity contribution in [3.63, 3.8) is 0 Å². The van der Waals surface area contributed by atoms with E-state index < -0.39 is 5.97 Å². The molecule has 0 radical (unpaired) electrons. The van der Waals surface area contributed by atoms with E-state index in [1.54, 1.807) is 10.7 Å². The van der Waals surface area contributed by atoms with Gasteiger partial charge in [-0.25, -0.2) is 4.79 Å². The van der Waals surface area contributed by atoms with Crippen LogP contribution in [0.25, 0.3) is 16.5 Å². The van der Waals surface area contributed by atoms with E-state index in [-0.39, 0.29) is 0 Å². The molecule has 0 spiro atoms. The fourth-order valence-electron chi connectivity index (χ4n) is 3.61. The summed E-state index contributed by atoms with van der Waals surface area (Å²) in [5.74, 6) is -0.0431. The van der Waals surface area contributed by atoms with E-state index in [0.29, 0.717) is 16.5 Å². The van der Waals surface area contributed by atoms with Gasteiger partial charge in [-0.2, -0.15) is 9.78 Å². The Morgan fingerprint density at radius 2 is 1.58 bits per heavy atom. The Bertz CT molecular complexity index is 1440. The molecule has 162 valence electrons. The molecule has 5 rings (SSSR count). The van der Waals surface area contributed by atoms with Crippen molar-refractivity contribution in [2.75, 3.05) is 0 Å². The van der Waals surface area contributed by atoms with E-state index in [4.69, 9.17) is 21.4 Å². The number of hydrogen-bond donors (Lipinski definition) is 0. The highest BCUT2D eigenvalue weighted by Gasteiger charge is 2.23. The third kappa shape index (κ3) is 4.38. The molecule has 1 heterocycles. The number of aryl methyl sites for hydroxylation is 1. The normalized spacial score (nSPS) is 11.0. The van der Waals surface area contributed by atoms with Crippen LogP contribution in [-0.2, 0) is 0 Å². The molecule has 0 aliphatic rings. The Balaban J connectivity index is 1.59. The summed E-state index contributed by atoms with van der Waals surface area (Å²) in [6, 6.07) is 30.6. The number of para-hydroxylation sites is 1. The van der Waals surface area contributed by atoms with Gasteiger partial charge in [0.05, 0.1) is 21.8 Å². The van der Waals surface area contributed by atoms with Gasteiger partial charge in [0.1, 0.15) is 0 Å². The Hall–Kier alpha value is -3.54. The van der Waals surface area contributed by atoms with Crippen LogP contribution in [0, 0.1) is 6.92 Å². The average Bonchev–Trinajstić information content (AvgIpc) is 3.15. The Kier molecular flexibility index (Phi) is 5.90. The number of aromatic nitrogens is 2. The van der Waals surface area contributed by atoms with Crippen molar-refractivity contribution >= 4 is 40.1 Å². The molecule has 5 aromatic rings. The van der Waals surface area contributed by atoms with Gasteiger partial charge in [-0.15, -0.1) is 0 Å². The van der Waals surface area contributed by atoms with Crippen molar-refractivity contribution in [3.05, 3.63) is 113 Å². The fraction of sp³-hybridized carbons (Fsp3) is 0.0370. The van der Waals surface area contributed by atoms with Crippen LogP contribution in [-0.4, -0.2) is 15.7 Å². The van der Waals surface area contributed by atoms with Gasteiger partial charge in [0, 0.05) is 9.92 Å². The molecule has 6 heteroatoms. The Morgan fingerprint density at radius 3 is 2.36 bits per heavy atom. The van der Waals surface area contributed by atoms with Gasteiger partial charge in [0.15, 0.2) is 0 Å². The average molecular weight is 471 g/mol. The summed E-state index contributed by atoms with van der Waals surface area (Å²) in [5, 5.41) is 7.19. The van der Waals surface area contributed by atoms with Crippen LogP contribution in [0.3, 0.4) is 0 Å². The lowest BCUT2D eigenvalue weighted by Gasteiger charge is -2.11. The number of esters is 1. The van der Waals surface area contributed by atoms with Crippen LogP contribution in [0.4, 0.5) is 0 Å². The van der Waals surface area contributed by atoms with Crippen LogP contribution < -0.4 is 4.74 Å². The van der Waals surface area contributed by atoms with E-state index in [9.17, 15) is 4.79 Å². The smallest absolute Gasteiger partial charge is 0.345 e. The predicted octanol–water partition coefficient (Wildman–Crippen LogP) is 7.36. The molecule has 4 aromatic carbocycles. The molecule has 33 heavy (non-hydrogen) atoms. The molecule has 0 bridgehead atoms. The molecular weight excluding hydrogens is 452 g/mol. The Morgan fingerprint density at radius 1 is 0.879 bits per heavy atom. The highest BCUT2D eigenvalue weighted by Crippen LogP contribution is 2.39. The second-order valence-corrected chi connectivity index (χ2v) is 8.96. The molecular formula is C27H19ClN2O2S. The van der Waals surface area contributed by atoms with Crippen molar-refractivity contribution in [1.82, 2.24) is 9.78 Å². The summed E-state index contributed by atoms with van der Waals surface area (Å²) in [6.45, 7) is 1.91. The van der Waals surface area contributed by atoms with Crippen molar-refractivity contribution in [1.29, 1.82) is 0 Å². The molecule has 1 aromatic heterocycles. The first-order chi connectivity index (χ1) is 16.1. The fourth-order valence-corrected chi connectivity index (χ4v) is 4.65. The number of nitrogens with zero attached hydrogens (tertiary/aromatic N) is 2. The summed E-state index contributed by atoms with van der Waals surface area (Å²) in [5.41, 5.74) is 2.08. The van der Waals surface area contributed by atoms with Gasteiger partial charge in [-0.05, 0) is 60.2 Å². The lowest BCUT2D eigenvalue weighted by Crippen LogP contribution is -2.12. The topological polar surface area (TPSA) is 44.1 Å². The highest BCUT2D eigenvalue weighted by molar-refractivity contribution is 7.99. The van der Waals surface area contributed by atoms with Gasteiger partial charge in [-0.1, -0.05) is 78.0 Å². The number of rotatable bonds is 5. The first-order valence-electron chi connectivity index (χ1n) is 10.4. The third-order valence-electron chi connectivity index (χ3n) is 5.20. The molecule has 0 amide bonds. The van der Waals surface area contributed by atoms with Gasteiger partial charge >= 0.3 is 5.97 Å². The second kappa shape index (κ2) is 9.14. The molecule has 0 aliphatic heterocycles. The third-order valence-corrected chi connectivity index (χ3v) is 6.63. The molecule has 0 aliphatic carbocycles. The number of benzene rings is 4. The van der Waals surface area contributed by atoms with Gasteiger partial charge in [-0.3, -0.25) is 0 Å². The Labute approximate surface area is 200 Å². The van der Waals surface area contributed by atoms with Crippen LogP contribution in [0.5, 0.6) is 5.88 Å². The van der Waals surface area contributed by atoms with Crippen LogP contribution in [0.15, 0.2) is 107 Å². The maximum atomic E-state index is 13.4. The SMILES string of the molecule is Cc1nn(-c2ccccc2)c(OC(=O)c2cccc3ccccc23)c1Sc1ccc(Cl)cc1. The minimum absolute atomic E-state index is 0.386. The minimum atomic E-state index is -0.429. The number of carbonyl (C=O) groups is 1. The monoisotopic (exact) mass is 470 g/mol. The van der Waals surface area contributed by atoms with Gasteiger partial charge < -0.3 is 4.74 Å². The maximum absolute atomic E-state index is 13.4. The minimum Gasteiger partial charge on any atom is -0.402 e. The van der Waals surface area contributed by atoms with E-state index in [1.165, 1.54) is 11.8 Å².